The number of hydrogen-bond acceptors (Lipinski definition) is 8. The van der Waals surface area contributed by atoms with Crippen molar-refractivity contribution >= 4 is 27.3 Å². The summed E-state index contributed by atoms with van der Waals surface area (Å²) in [6.07, 6.45) is 0. The van der Waals surface area contributed by atoms with Crippen molar-refractivity contribution in [3.8, 4) is 5.75 Å². The smallest absolute Gasteiger partial charge is 0.310 e. The predicted molar refractivity (Wildman–Crippen MR) is 107 cm³/mol. The molecule has 0 atom stereocenters. The fraction of sp³-hybridized carbons (Fsp3) is 0.278. The Balaban J connectivity index is 1.58. The largest absolute Gasteiger partial charge is 0.477 e. The van der Waals surface area contributed by atoms with E-state index >= 15 is 0 Å². The predicted octanol–water partition coefficient (Wildman–Crippen LogP) is 1.41. The summed E-state index contributed by atoms with van der Waals surface area (Å²) >= 11 is 0. The minimum Gasteiger partial charge on any atom is -0.477 e. The first-order chi connectivity index (χ1) is 14.7. The van der Waals surface area contributed by atoms with Crippen molar-refractivity contribution in [2.75, 3.05) is 32.8 Å². The summed E-state index contributed by atoms with van der Waals surface area (Å²) < 4.78 is 31.9. The van der Waals surface area contributed by atoms with Crippen molar-refractivity contribution in [2.24, 2.45) is 0 Å². The van der Waals surface area contributed by atoms with Gasteiger partial charge in [0.05, 0.1) is 14.7 Å². The fourth-order valence-electron chi connectivity index (χ4n) is 3.03. The van der Waals surface area contributed by atoms with Crippen LogP contribution in [0.1, 0.15) is 0 Å². The molecule has 0 spiro atoms. The molecule has 0 radical (unpaired) electrons. The molecule has 2 aromatic carbocycles. The minimum atomic E-state index is -3.86. The summed E-state index contributed by atoms with van der Waals surface area (Å²) in [5, 5.41) is 21.7. The van der Waals surface area contributed by atoms with E-state index in [0.29, 0.717) is 0 Å². The number of para-hydroxylation sites is 2. The SMILES string of the molecule is O=C(COc1ccccc1[N+](=O)[O-])N1CCN(S(=O)(=O)c2ccc([N+](=O)[O-])cc2)CC1. The molecule has 0 unspecified atom stereocenters. The molecule has 12 nitrogen and oxygen atoms in total. The van der Waals surface area contributed by atoms with E-state index in [0.717, 1.165) is 12.1 Å². The Morgan fingerprint density at radius 1 is 0.935 bits per heavy atom. The van der Waals surface area contributed by atoms with Gasteiger partial charge in [0.15, 0.2) is 12.4 Å². The van der Waals surface area contributed by atoms with Crippen molar-refractivity contribution in [1.29, 1.82) is 0 Å². The van der Waals surface area contributed by atoms with Gasteiger partial charge in [-0.1, -0.05) is 12.1 Å². The van der Waals surface area contributed by atoms with Crippen LogP contribution in [0.4, 0.5) is 11.4 Å². The average Bonchev–Trinajstić information content (AvgIpc) is 2.77. The maximum Gasteiger partial charge on any atom is 0.310 e. The van der Waals surface area contributed by atoms with Gasteiger partial charge in [-0.3, -0.25) is 25.0 Å². The van der Waals surface area contributed by atoms with Gasteiger partial charge in [-0.25, -0.2) is 8.42 Å². The Morgan fingerprint density at radius 3 is 2.13 bits per heavy atom. The second-order valence-corrected chi connectivity index (χ2v) is 8.49. The van der Waals surface area contributed by atoms with Crippen molar-refractivity contribution in [1.82, 2.24) is 9.21 Å². The number of nitro groups is 2. The maximum atomic E-state index is 12.7. The number of amides is 1. The van der Waals surface area contributed by atoms with Crippen LogP contribution >= 0.6 is 0 Å². The highest BCUT2D eigenvalue weighted by atomic mass is 32.2. The Bertz CT molecular complexity index is 1100. The molecule has 31 heavy (non-hydrogen) atoms. The summed E-state index contributed by atoms with van der Waals surface area (Å²) in [4.78, 5) is 34.2. The van der Waals surface area contributed by atoms with Gasteiger partial charge in [-0.05, 0) is 18.2 Å². The molecule has 0 bridgehead atoms. The lowest BCUT2D eigenvalue weighted by molar-refractivity contribution is -0.385. The second-order valence-electron chi connectivity index (χ2n) is 6.55. The molecule has 0 aromatic heterocycles. The lowest BCUT2D eigenvalue weighted by Crippen LogP contribution is -2.51. The van der Waals surface area contributed by atoms with Crippen LogP contribution in [-0.2, 0) is 14.8 Å². The van der Waals surface area contributed by atoms with E-state index in [4.69, 9.17) is 4.74 Å². The zero-order valence-electron chi connectivity index (χ0n) is 16.1. The monoisotopic (exact) mass is 450 g/mol. The van der Waals surface area contributed by atoms with E-state index in [2.05, 4.69) is 0 Å². The third-order valence-electron chi connectivity index (χ3n) is 4.69. The van der Waals surface area contributed by atoms with Crippen LogP contribution in [0.15, 0.2) is 53.4 Å². The second kappa shape index (κ2) is 9.06. The number of nitro benzene ring substituents is 2. The highest BCUT2D eigenvalue weighted by Gasteiger charge is 2.30. The lowest BCUT2D eigenvalue weighted by atomic mass is 10.3. The van der Waals surface area contributed by atoms with Gasteiger partial charge in [0.2, 0.25) is 10.0 Å². The first-order valence-corrected chi connectivity index (χ1v) is 10.5. The molecule has 0 saturated carbocycles. The number of piperazine rings is 1. The van der Waals surface area contributed by atoms with E-state index in [1.54, 1.807) is 6.07 Å². The first kappa shape index (κ1) is 22.1. The van der Waals surface area contributed by atoms with Gasteiger partial charge in [0.25, 0.3) is 11.6 Å². The normalized spacial score (nSPS) is 14.8. The quantitative estimate of drug-likeness (QED) is 0.453. The van der Waals surface area contributed by atoms with Gasteiger partial charge < -0.3 is 9.64 Å². The average molecular weight is 450 g/mol. The van der Waals surface area contributed by atoms with E-state index in [-0.39, 0.29) is 48.2 Å². The van der Waals surface area contributed by atoms with Crippen molar-refractivity contribution in [2.45, 2.75) is 4.90 Å². The lowest BCUT2D eigenvalue weighted by Gasteiger charge is -2.33. The van der Waals surface area contributed by atoms with Gasteiger partial charge in [-0.2, -0.15) is 4.31 Å². The maximum absolute atomic E-state index is 12.7. The number of carbonyl (C=O) groups is 1. The van der Waals surface area contributed by atoms with Crippen LogP contribution < -0.4 is 4.74 Å². The van der Waals surface area contributed by atoms with Gasteiger partial charge >= 0.3 is 5.69 Å². The van der Waals surface area contributed by atoms with Crippen LogP contribution in [0.25, 0.3) is 0 Å². The number of ether oxygens (including phenoxy) is 1. The summed E-state index contributed by atoms with van der Waals surface area (Å²) in [5.41, 5.74) is -0.470. The molecule has 1 aliphatic rings. The van der Waals surface area contributed by atoms with Crippen molar-refractivity contribution in [3.05, 3.63) is 68.8 Å². The molecular weight excluding hydrogens is 432 g/mol. The molecule has 13 heteroatoms. The molecule has 1 heterocycles. The number of rotatable bonds is 7. The van der Waals surface area contributed by atoms with Crippen LogP contribution in [-0.4, -0.2) is 66.2 Å². The Labute approximate surface area is 177 Å². The fourth-order valence-corrected chi connectivity index (χ4v) is 4.45. The van der Waals surface area contributed by atoms with Crippen LogP contribution in [0, 0.1) is 20.2 Å². The Hall–Kier alpha value is -3.58. The van der Waals surface area contributed by atoms with Crippen molar-refractivity contribution < 1.29 is 27.8 Å². The summed E-state index contributed by atoms with van der Waals surface area (Å²) in [7, 11) is -3.86. The molecule has 1 saturated heterocycles. The molecular formula is C18H18N4O8S. The topological polar surface area (TPSA) is 153 Å². The highest BCUT2D eigenvalue weighted by molar-refractivity contribution is 7.89. The summed E-state index contributed by atoms with van der Waals surface area (Å²) in [6, 6.07) is 10.3. The summed E-state index contributed by atoms with van der Waals surface area (Å²) in [6.45, 7) is -0.108. The van der Waals surface area contributed by atoms with E-state index in [9.17, 15) is 33.4 Å². The third-order valence-corrected chi connectivity index (χ3v) is 6.60. The molecule has 1 amide bonds. The number of sulfonamides is 1. The number of benzene rings is 2. The molecule has 0 aliphatic carbocycles. The van der Waals surface area contributed by atoms with E-state index in [1.807, 2.05) is 0 Å². The molecule has 0 N–H and O–H groups in total. The van der Waals surface area contributed by atoms with Crippen LogP contribution in [0.2, 0.25) is 0 Å². The molecule has 3 rings (SSSR count). The number of non-ortho nitro benzene ring substituents is 1. The molecule has 1 aliphatic heterocycles. The number of carbonyl (C=O) groups excluding carboxylic acids is 1. The van der Waals surface area contributed by atoms with Crippen LogP contribution in [0.3, 0.4) is 0 Å². The number of hydrogen-bond donors (Lipinski definition) is 0. The van der Waals surface area contributed by atoms with E-state index < -0.39 is 32.4 Å². The standard InChI is InChI=1S/C18H18N4O8S/c23-18(13-30-17-4-2-1-3-16(17)22(26)27)19-9-11-20(12-10-19)31(28,29)15-7-5-14(6-8-15)21(24)25/h1-8H,9-13H2. The Kier molecular flexibility index (Phi) is 6.46. The zero-order chi connectivity index (χ0) is 22.6. The number of nitrogens with zero attached hydrogens (tertiary/aromatic N) is 4. The van der Waals surface area contributed by atoms with Crippen molar-refractivity contribution in [3.63, 3.8) is 0 Å². The molecule has 2 aromatic rings. The van der Waals surface area contributed by atoms with Gasteiger partial charge in [0, 0.05) is 44.4 Å². The van der Waals surface area contributed by atoms with E-state index in [1.165, 1.54) is 39.5 Å². The van der Waals surface area contributed by atoms with Crippen LogP contribution in [0.5, 0.6) is 5.75 Å². The molecule has 1 fully saturated rings. The zero-order valence-corrected chi connectivity index (χ0v) is 16.9. The molecule has 164 valence electrons. The highest BCUT2D eigenvalue weighted by Crippen LogP contribution is 2.26. The van der Waals surface area contributed by atoms with Gasteiger partial charge in [-0.15, -0.1) is 0 Å². The van der Waals surface area contributed by atoms with Gasteiger partial charge in [0.1, 0.15) is 0 Å². The first-order valence-electron chi connectivity index (χ1n) is 9.09. The Morgan fingerprint density at radius 2 is 1.55 bits per heavy atom. The minimum absolute atomic E-state index is 0.0276. The summed E-state index contributed by atoms with van der Waals surface area (Å²) in [5.74, 6) is -0.453. The third kappa shape index (κ3) is 4.95.